The minimum atomic E-state index is -3.77. The second-order valence-corrected chi connectivity index (χ2v) is 7.98. The van der Waals surface area contributed by atoms with E-state index in [0.717, 1.165) is 17.0 Å². The molecule has 10 heteroatoms. The first-order valence-electron chi connectivity index (χ1n) is 8.49. The molecule has 28 heavy (non-hydrogen) atoms. The number of anilines is 2. The lowest BCUT2D eigenvalue weighted by molar-refractivity contribution is -0.116. The number of rotatable bonds is 7. The van der Waals surface area contributed by atoms with Crippen molar-refractivity contribution in [3.63, 3.8) is 0 Å². The van der Waals surface area contributed by atoms with Gasteiger partial charge in [0.2, 0.25) is 15.9 Å². The maximum atomic E-state index is 14.0. The van der Waals surface area contributed by atoms with Crippen molar-refractivity contribution in [2.45, 2.75) is 19.9 Å². The summed E-state index contributed by atoms with van der Waals surface area (Å²) in [4.78, 5) is 12.3. The van der Waals surface area contributed by atoms with Gasteiger partial charge < -0.3 is 5.32 Å². The van der Waals surface area contributed by atoms with Crippen LogP contribution in [0.2, 0.25) is 0 Å². The molecule has 148 valence electrons. The number of nitrogens with zero attached hydrogens (tertiary/aromatic N) is 2. The number of hydrogen-bond donors (Lipinski definition) is 2. The van der Waals surface area contributed by atoms with E-state index in [1.807, 2.05) is 12.1 Å². The highest BCUT2D eigenvalue weighted by Crippen LogP contribution is 2.25. The van der Waals surface area contributed by atoms with Crippen LogP contribution in [-0.2, 0) is 21.4 Å². The summed E-state index contributed by atoms with van der Waals surface area (Å²) < 4.78 is 55.1. The number of para-hydroxylation sites is 1. The van der Waals surface area contributed by atoms with Crippen molar-refractivity contribution < 1.29 is 22.0 Å². The Labute approximate surface area is 160 Å². The van der Waals surface area contributed by atoms with Gasteiger partial charge in [0.1, 0.15) is 18.2 Å². The first kappa shape index (κ1) is 19.7. The van der Waals surface area contributed by atoms with Gasteiger partial charge in [-0.15, -0.1) is 0 Å². The number of halogens is 2. The summed E-state index contributed by atoms with van der Waals surface area (Å²) in [7, 11) is -3.77. The number of sulfonamides is 1. The summed E-state index contributed by atoms with van der Waals surface area (Å²) in [5, 5.41) is 7.28. The van der Waals surface area contributed by atoms with Gasteiger partial charge >= 0.3 is 0 Å². The van der Waals surface area contributed by atoms with Crippen LogP contribution in [0.15, 0.2) is 42.6 Å². The molecule has 7 nitrogen and oxygen atoms in total. The van der Waals surface area contributed by atoms with E-state index in [1.54, 1.807) is 25.3 Å². The molecule has 0 unspecified atom stereocenters. The van der Waals surface area contributed by atoms with E-state index in [4.69, 9.17) is 0 Å². The number of carbonyl (C=O) groups excluding carboxylic acids is 1. The molecule has 1 amide bonds. The van der Waals surface area contributed by atoms with Gasteiger partial charge in [0.15, 0.2) is 0 Å². The molecule has 2 aromatic carbocycles. The first-order valence-corrected chi connectivity index (χ1v) is 10.1. The van der Waals surface area contributed by atoms with Crippen molar-refractivity contribution in [1.82, 2.24) is 9.78 Å². The SMILES string of the molecule is CCCS(=O)(=O)Nc1cc(NC(=O)Cn2ncc3ccccc32)c(F)cc1F. The molecule has 0 aliphatic heterocycles. The summed E-state index contributed by atoms with van der Waals surface area (Å²) in [6.07, 6.45) is 1.93. The van der Waals surface area contributed by atoms with Crippen molar-refractivity contribution in [1.29, 1.82) is 0 Å². The largest absolute Gasteiger partial charge is 0.322 e. The standard InChI is InChI=1S/C18H18F2N4O3S/c1-2-7-28(26,27)23-16-9-15(13(19)8-14(16)20)22-18(25)11-24-17-6-4-3-5-12(17)10-21-24/h3-6,8-10,23H,2,7,11H2,1H3,(H,22,25). The molecule has 1 aromatic heterocycles. The predicted octanol–water partition coefficient (Wildman–Crippen LogP) is 3.10. The minimum absolute atomic E-state index is 0.193. The topological polar surface area (TPSA) is 93.1 Å². The average molecular weight is 408 g/mol. The van der Waals surface area contributed by atoms with E-state index in [2.05, 4.69) is 15.1 Å². The number of benzene rings is 2. The Kier molecular flexibility index (Phi) is 5.59. The van der Waals surface area contributed by atoms with E-state index >= 15 is 0 Å². The van der Waals surface area contributed by atoms with Gasteiger partial charge in [0.05, 0.1) is 28.8 Å². The van der Waals surface area contributed by atoms with Crippen LogP contribution in [0, 0.1) is 11.6 Å². The lowest BCUT2D eigenvalue weighted by Gasteiger charge is -2.12. The lowest BCUT2D eigenvalue weighted by Crippen LogP contribution is -2.21. The van der Waals surface area contributed by atoms with Gasteiger partial charge in [-0.25, -0.2) is 17.2 Å². The third kappa shape index (κ3) is 4.45. The second-order valence-electron chi connectivity index (χ2n) is 6.14. The Bertz CT molecular complexity index is 1130. The number of fused-ring (bicyclic) bond motifs is 1. The van der Waals surface area contributed by atoms with Crippen LogP contribution in [0.4, 0.5) is 20.2 Å². The van der Waals surface area contributed by atoms with Gasteiger partial charge in [-0.2, -0.15) is 5.10 Å². The van der Waals surface area contributed by atoms with Gasteiger partial charge in [0.25, 0.3) is 0 Å². The van der Waals surface area contributed by atoms with E-state index < -0.39 is 33.3 Å². The van der Waals surface area contributed by atoms with Gasteiger partial charge in [-0.1, -0.05) is 25.1 Å². The van der Waals surface area contributed by atoms with Crippen LogP contribution < -0.4 is 10.0 Å². The third-order valence-electron chi connectivity index (χ3n) is 3.91. The summed E-state index contributed by atoms with van der Waals surface area (Å²) in [6.45, 7) is 1.46. The molecule has 3 rings (SSSR count). The monoisotopic (exact) mass is 408 g/mol. The van der Waals surface area contributed by atoms with E-state index in [1.165, 1.54) is 4.68 Å². The third-order valence-corrected chi connectivity index (χ3v) is 5.39. The second kappa shape index (κ2) is 7.93. The summed E-state index contributed by atoms with van der Waals surface area (Å²) in [5.41, 5.74) is -0.0445. The maximum absolute atomic E-state index is 14.0. The minimum Gasteiger partial charge on any atom is -0.322 e. The van der Waals surface area contributed by atoms with Crippen molar-refractivity contribution in [3.05, 3.63) is 54.2 Å². The van der Waals surface area contributed by atoms with Crippen LogP contribution in [0.3, 0.4) is 0 Å². The van der Waals surface area contributed by atoms with E-state index in [9.17, 15) is 22.0 Å². The summed E-state index contributed by atoms with van der Waals surface area (Å²) in [6, 6.07) is 8.69. The fourth-order valence-electron chi connectivity index (χ4n) is 2.69. The predicted molar refractivity (Wildman–Crippen MR) is 102 cm³/mol. The van der Waals surface area contributed by atoms with Gasteiger partial charge in [-0.05, 0) is 18.6 Å². The zero-order chi connectivity index (χ0) is 20.3. The fraction of sp³-hybridized carbons (Fsp3) is 0.222. The summed E-state index contributed by atoms with van der Waals surface area (Å²) in [5.74, 6) is -2.90. The Hall–Kier alpha value is -3.01. The highest BCUT2D eigenvalue weighted by Gasteiger charge is 2.17. The Balaban J connectivity index is 1.79. The number of nitrogens with one attached hydrogen (secondary N) is 2. The van der Waals surface area contributed by atoms with Crippen molar-refractivity contribution in [3.8, 4) is 0 Å². The number of amides is 1. The maximum Gasteiger partial charge on any atom is 0.246 e. The highest BCUT2D eigenvalue weighted by molar-refractivity contribution is 7.92. The van der Waals surface area contributed by atoms with Gasteiger partial charge in [-0.3, -0.25) is 14.2 Å². The Morgan fingerprint density at radius 2 is 1.86 bits per heavy atom. The van der Waals surface area contributed by atoms with Crippen LogP contribution in [0.25, 0.3) is 10.9 Å². The molecule has 2 N–H and O–H groups in total. The number of aromatic nitrogens is 2. The van der Waals surface area contributed by atoms with E-state index in [0.29, 0.717) is 12.5 Å². The molecule has 1 heterocycles. The average Bonchev–Trinajstić information content (AvgIpc) is 3.02. The van der Waals surface area contributed by atoms with Gasteiger partial charge in [0, 0.05) is 11.5 Å². The number of carbonyl (C=O) groups is 1. The molecule has 0 bridgehead atoms. The molecular formula is C18H18F2N4O3S. The van der Waals surface area contributed by atoms with Crippen LogP contribution in [-0.4, -0.2) is 29.9 Å². The van der Waals surface area contributed by atoms with Crippen LogP contribution in [0.5, 0.6) is 0 Å². The molecule has 0 saturated heterocycles. The Morgan fingerprint density at radius 1 is 1.14 bits per heavy atom. The van der Waals surface area contributed by atoms with Crippen LogP contribution in [0.1, 0.15) is 13.3 Å². The number of hydrogen-bond acceptors (Lipinski definition) is 4. The summed E-state index contributed by atoms with van der Waals surface area (Å²) >= 11 is 0. The normalized spacial score (nSPS) is 11.5. The van der Waals surface area contributed by atoms with Crippen molar-refractivity contribution >= 4 is 38.2 Å². The first-order chi connectivity index (χ1) is 13.3. The Morgan fingerprint density at radius 3 is 2.61 bits per heavy atom. The fourth-order valence-corrected chi connectivity index (χ4v) is 3.82. The smallest absolute Gasteiger partial charge is 0.246 e. The molecule has 0 saturated carbocycles. The highest BCUT2D eigenvalue weighted by atomic mass is 32.2. The zero-order valence-electron chi connectivity index (χ0n) is 14.9. The molecule has 0 atom stereocenters. The molecule has 0 aliphatic carbocycles. The zero-order valence-corrected chi connectivity index (χ0v) is 15.8. The molecule has 3 aromatic rings. The van der Waals surface area contributed by atoms with Crippen molar-refractivity contribution in [2.75, 3.05) is 15.8 Å². The molecule has 0 spiro atoms. The lowest BCUT2D eigenvalue weighted by atomic mass is 10.2. The quantitative estimate of drug-likeness (QED) is 0.628. The molecule has 0 aliphatic rings. The van der Waals surface area contributed by atoms with Crippen molar-refractivity contribution in [2.24, 2.45) is 0 Å². The molecule has 0 radical (unpaired) electrons. The van der Waals surface area contributed by atoms with E-state index in [-0.39, 0.29) is 18.0 Å². The van der Waals surface area contributed by atoms with Crippen LogP contribution >= 0.6 is 0 Å². The molecular weight excluding hydrogens is 390 g/mol. The molecule has 0 fully saturated rings.